The van der Waals surface area contributed by atoms with Crippen molar-refractivity contribution < 1.29 is 24.5 Å². The second-order valence-electron chi connectivity index (χ2n) is 4.06. The van der Waals surface area contributed by atoms with E-state index in [0.717, 1.165) is 0 Å². The lowest BCUT2D eigenvalue weighted by Crippen LogP contribution is -2.38. The molecule has 2 unspecified atom stereocenters. The van der Waals surface area contributed by atoms with E-state index in [9.17, 15) is 4.79 Å². The summed E-state index contributed by atoms with van der Waals surface area (Å²) >= 11 is 0. The molecule has 4 N–H and O–H groups in total. The maximum absolute atomic E-state index is 11.2. The van der Waals surface area contributed by atoms with Gasteiger partial charge in [0.1, 0.15) is 13.5 Å². The molecule has 7 nitrogen and oxygen atoms in total. The Hall–Kier alpha value is -0.890. The second kappa shape index (κ2) is 11.2. The number of urea groups is 1. The van der Waals surface area contributed by atoms with Crippen LogP contribution < -0.4 is 10.6 Å². The molecule has 7 heteroatoms. The lowest BCUT2D eigenvalue weighted by atomic mass is 10.3. The van der Waals surface area contributed by atoms with E-state index in [1.807, 2.05) is 0 Å². The first-order chi connectivity index (χ1) is 8.52. The van der Waals surface area contributed by atoms with Gasteiger partial charge in [0.05, 0.1) is 25.4 Å². The van der Waals surface area contributed by atoms with Crippen LogP contribution in [0.5, 0.6) is 0 Å². The van der Waals surface area contributed by atoms with Gasteiger partial charge in [0.25, 0.3) is 0 Å². The zero-order chi connectivity index (χ0) is 13.8. The van der Waals surface area contributed by atoms with Crippen molar-refractivity contribution in [1.29, 1.82) is 0 Å². The number of carbonyl (C=O) groups excluding carboxylic acids is 1. The monoisotopic (exact) mass is 264 g/mol. The van der Waals surface area contributed by atoms with Gasteiger partial charge in [-0.05, 0) is 26.7 Å². The van der Waals surface area contributed by atoms with Crippen molar-refractivity contribution in [2.75, 3.05) is 26.7 Å². The molecule has 0 saturated heterocycles. The van der Waals surface area contributed by atoms with E-state index in [4.69, 9.17) is 19.7 Å². The molecule has 2 amide bonds. The van der Waals surface area contributed by atoms with Gasteiger partial charge in [0.2, 0.25) is 0 Å². The highest BCUT2D eigenvalue weighted by Gasteiger charge is 2.00. The third kappa shape index (κ3) is 13.2. The molecule has 0 bridgehead atoms. The molecule has 0 fully saturated rings. The molecule has 0 radical (unpaired) electrons. The summed E-state index contributed by atoms with van der Waals surface area (Å²) < 4.78 is 10.1. The van der Waals surface area contributed by atoms with Gasteiger partial charge in [-0.15, -0.1) is 0 Å². The smallest absolute Gasteiger partial charge is 0.318 e. The highest BCUT2D eigenvalue weighted by Crippen LogP contribution is 1.89. The van der Waals surface area contributed by atoms with Crippen LogP contribution in [-0.4, -0.2) is 55.1 Å². The van der Waals surface area contributed by atoms with Gasteiger partial charge >= 0.3 is 6.03 Å². The molecular formula is C11H24N2O5. The Labute approximate surface area is 107 Å². The molecule has 0 aromatic heterocycles. The molecule has 0 heterocycles. The number of hydrogen-bond acceptors (Lipinski definition) is 5. The number of carbonyl (C=O) groups is 1. The van der Waals surface area contributed by atoms with E-state index in [0.29, 0.717) is 26.1 Å². The molecule has 0 aliphatic rings. The van der Waals surface area contributed by atoms with Crippen LogP contribution >= 0.6 is 0 Å². The minimum Gasteiger partial charge on any atom is -0.393 e. The van der Waals surface area contributed by atoms with E-state index in [2.05, 4.69) is 10.6 Å². The van der Waals surface area contributed by atoms with Crippen molar-refractivity contribution in [2.24, 2.45) is 0 Å². The quantitative estimate of drug-likeness (QED) is 0.323. The fourth-order valence-electron chi connectivity index (χ4n) is 0.948. The Morgan fingerprint density at radius 1 is 1.00 bits per heavy atom. The zero-order valence-electron chi connectivity index (χ0n) is 11.0. The number of nitrogens with one attached hydrogen (secondary N) is 2. The Balaban J connectivity index is 3.22. The van der Waals surface area contributed by atoms with Crippen molar-refractivity contribution in [3.05, 3.63) is 0 Å². The van der Waals surface area contributed by atoms with E-state index in [-0.39, 0.29) is 19.5 Å². The normalized spacial score (nSPS) is 14.0. The Kier molecular flexibility index (Phi) is 10.7. The maximum Gasteiger partial charge on any atom is 0.318 e. The molecule has 18 heavy (non-hydrogen) atoms. The number of amides is 2. The molecule has 2 atom stereocenters. The van der Waals surface area contributed by atoms with Crippen LogP contribution in [0, 0.1) is 0 Å². The predicted molar refractivity (Wildman–Crippen MR) is 65.9 cm³/mol. The summed E-state index contributed by atoms with van der Waals surface area (Å²) in [4.78, 5) is 11.2. The summed E-state index contributed by atoms with van der Waals surface area (Å²) in [5, 5.41) is 22.9. The van der Waals surface area contributed by atoms with E-state index >= 15 is 0 Å². The second-order valence-corrected chi connectivity index (χ2v) is 4.06. The average molecular weight is 264 g/mol. The highest BCUT2D eigenvalue weighted by molar-refractivity contribution is 5.73. The molecular weight excluding hydrogens is 240 g/mol. The topological polar surface area (TPSA) is 100 Å². The maximum atomic E-state index is 11.2. The lowest BCUT2D eigenvalue weighted by molar-refractivity contribution is 0.0739. The molecule has 0 spiro atoms. The number of ether oxygens (including phenoxy) is 2. The number of aliphatic hydroxyl groups excluding tert-OH is 2. The number of rotatable bonds is 10. The van der Waals surface area contributed by atoms with Gasteiger partial charge in [-0.3, -0.25) is 0 Å². The first kappa shape index (κ1) is 17.1. The van der Waals surface area contributed by atoms with Gasteiger partial charge in [-0.25, -0.2) is 4.79 Å². The highest BCUT2D eigenvalue weighted by atomic mass is 16.5. The molecule has 0 saturated carbocycles. The van der Waals surface area contributed by atoms with Crippen molar-refractivity contribution in [2.45, 2.75) is 38.9 Å². The van der Waals surface area contributed by atoms with Crippen LogP contribution in [0.25, 0.3) is 0 Å². The molecule has 0 aromatic rings. The minimum atomic E-state index is -0.402. The third-order valence-corrected chi connectivity index (χ3v) is 2.03. The molecule has 108 valence electrons. The van der Waals surface area contributed by atoms with Gasteiger partial charge < -0.3 is 30.3 Å². The van der Waals surface area contributed by atoms with Gasteiger partial charge in [-0.2, -0.15) is 0 Å². The van der Waals surface area contributed by atoms with Crippen molar-refractivity contribution >= 4 is 6.03 Å². The summed E-state index contributed by atoms with van der Waals surface area (Å²) in [6, 6.07) is -0.385. The van der Waals surface area contributed by atoms with Crippen LogP contribution in [-0.2, 0) is 9.47 Å². The number of aliphatic hydroxyl groups is 2. The Morgan fingerprint density at radius 2 is 1.39 bits per heavy atom. The summed E-state index contributed by atoms with van der Waals surface area (Å²) in [5.74, 6) is 0. The summed E-state index contributed by atoms with van der Waals surface area (Å²) in [6.45, 7) is 4.31. The summed E-state index contributed by atoms with van der Waals surface area (Å²) in [6.07, 6.45) is 0.264. The first-order valence-corrected chi connectivity index (χ1v) is 6.05. The van der Waals surface area contributed by atoms with Crippen LogP contribution in [0.2, 0.25) is 0 Å². The van der Waals surface area contributed by atoms with Gasteiger partial charge in [0.15, 0.2) is 0 Å². The summed E-state index contributed by atoms with van der Waals surface area (Å²) in [5.41, 5.74) is 0. The van der Waals surface area contributed by atoms with Gasteiger partial charge in [0, 0.05) is 0 Å². The third-order valence-electron chi connectivity index (χ3n) is 2.03. The lowest BCUT2D eigenvalue weighted by Gasteiger charge is -2.10. The SMILES string of the molecule is CC(O)CCOCNC(=O)NCOCCC(C)O. The van der Waals surface area contributed by atoms with Gasteiger partial charge in [-0.1, -0.05) is 0 Å². The minimum absolute atomic E-state index is 0.0895. The molecule has 0 rings (SSSR count). The van der Waals surface area contributed by atoms with E-state index in [1.54, 1.807) is 13.8 Å². The first-order valence-electron chi connectivity index (χ1n) is 6.05. The van der Waals surface area contributed by atoms with Crippen molar-refractivity contribution in [3.8, 4) is 0 Å². The average Bonchev–Trinajstić information content (AvgIpc) is 2.27. The van der Waals surface area contributed by atoms with Crippen LogP contribution in [0.3, 0.4) is 0 Å². The van der Waals surface area contributed by atoms with Crippen molar-refractivity contribution in [1.82, 2.24) is 10.6 Å². The van der Waals surface area contributed by atoms with Crippen LogP contribution in [0.15, 0.2) is 0 Å². The van der Waals surface area contributed by atoms with Crippen LogP contribution in [0.1, 0.15) is 26.7 Å². The standard InChI is InChI=1S/C11H24N2O5/c1-9(14)3-5-17-7-12-11(16)13-8-18-6-4-10(2)15/h9-10,14-15H,3-8H2,1-2H3,(H2,12,13,16). The fourth-order valence-corrected chi connectivity index (χ4v) is 0.948. The molecule has 0 aliphatic carbocycles. The zero-order valence-corrected chi connectivity index (χ0v) is 11.0. The summed E-state index contributed by atoms with van der Waals surface area (Å²) in [7, 11) is 0. The molecule has 0 aromatic carbocycles. The largest absolute Gasteiger partial charge is 0.393 e. The fraction of sp³-hybridized carbons (Fsp3) is 0.909. The number of hydrogen-bond donors (Lipinski definition) is 4. The molecule has 0 aliphatic heterocycles. The van der Waals surface area contributed by atoms with Crippen LogP contribution in [0.4, 0.5) is 4.79 Å². The predicted octanol–water partition coefficient (Wildman–Crippen LogP) is -0.224. The Bertz CT molecular complexity index is 192. The Morgan fingerprint density at radius 3 is 1.72 bits per heavy atom. The van der Waals surface area contributed by atoms with E-state index in [1.165, 1.54) is 0 Å². The van der Waals surface area contributed by atoms with E-state index < -0.39 is 12.2 Å². The van der Waals surface area contributed by atoms with Crippen molar-refractivity contribution in [3.63, 3.8) is 0 Å².